The normalized spacial score (nSPS) is 11.4. The number of benzene rings is 2. The number of aryl methyl sites for hydroxylation is 1. The Balaban J connectivity index is 1.81. The molecule has 0 aliphatic heterocycles. The maximum absolute atomic E-state index is 12.9. The van der Waals surface area contributed by atoms with E-state index in [1.807, 2.05) is 63.4 Å². The van der Waals surface area contributed by atoms with Crippen LogP contribution in [0.25, 0.3) is 5.69 Å². The molecule has 0 bridgehead atoms. The molecule has 0 atom stereocenters. The largest absolute Gasteiger partial charge is 0.507 e. The topological polar surface area (TPSA) is 83.6 Å². The molecular weight excluding hydrogens is 386 g/mol. The zero-order valence-corrected chi connectivity index (χ0v) is 17.5. The van der Waals surface area contributed by atoms with Crippen LogP contribution in [-0.4, -0.2) is 25.3 Å². The lowest BCUT2D eigenvalue weighted by Gasteiger charge is -2.08. The fraction of sp³-hybridized carbons (Fsp3) is 0.190. The van der Waals surface area contributed by atoms with Gasteiger partial charge in [-0.2, -0.15) is 5.10 Å². The van der Waals surface area contributed by atoms with Crippen LogP contribution in [0.5, 0.6) is 5.75 Å². The Bertz CT molecular complexity index is 1150. The number of hydrazone groups is 1. The number of aromatic hydroxyl groups is 1. The van der Waals surface area contributed by atoms with E-state index in [9.17, 15) is 9.90 Å². The summed E-state index contributed by atoms with van der Waals surface area (Å²) in [7, 11) is 1.81. The van der Waals surface area contributed by atoms with Gasteiger partial charge in [-0.25, -0.2) is 4.68 Å². The molecule has 1 aromatic heterocycles. The van der Waals surface area contributed by atoms with Gasteiger partial charge in [0, 0.05) is 12.6 Å². The summed E-state index contributed by atoms with van der Waals surface area (Å²) in [6.45, 7) is 5.54. The van der Waals surface area contributed by atoms with E-state index in [-0.39, 0.29) is 16.4 Å². The van der Waals surface area contributed by atoms with Crippen molar-refractivity contribution >= 4 is 28.7 Å². The van der Waals surface area contributed by atoms with E-state index in [1.54, 1.807) is 22.4 Å². The minimum atomic E-state index is -0.211. The molecule has 8 heteroatoms. The average molecular weight is 410 g/mol. The molecule has 2 aromatic carbocycles. The predicted molar refractivity (Wildman–Crippen MR) is 120 cm³/mol. The number of phenolic OH excluding ortho intramolecular Hbond substituents is 1. The van der Waals surface area contributed by atoms with Crippen LogP contribution in [0, 0.1) is 13.8 Å². The lowest BCUT2D eigenvalue weighted by atomic mass is 10.1. The molecule has 1 heterocycles. The van der Waals surface area contributed by atoms with Crippen LogP contribution < -0.4 is 16.3 Å². The van der Waals surface area contributed by atoms with Crippen molar-refractivity contribution < 1.29 is 5.11 Å². The van der Waals surface area contributed by atoms with E-state index < -0.39 is 0 Å². The number of phenols is 1. The van der Waals surface area contributed by atoms with Crippen molar-refractivity contribution in [2.24, 2.45) is 12.1 Å². The molecule has 0 aliphatic rings. The quantitative estimate of drug-likeness (QED) is 0.350. The molecule has 0 amide bonds. The summed E-state index contributed by atoms with van der Waals surface area (Å²) in [6.07, 6.45) is 0. The molecule has 0 unspecified atom stereocenters. The Morgan fingerprint density at radius 1 is 1.14 bits per heavy atom. The van der Waals surface area contributed by atoms with Gasteiger partial charge in [-0.1, -0.05) is 29.8 Å². The average Bonchev–Trinajstić information content (AvgIpc) is 2.92. The molecule has 7 nitrogen and oxygen atoms in total. The summed E-state index contributed by atoms with van der Waals surface area (Å²) >= 11 is 5.30. The second-order valence-electron chi connectivity index (χ2n) is 6.72. The standard InChI is InChI=1S/C21H23N5O2S/c1-13-10-11-18(27)17(12-13)14(2)23-24-21(29)22-19-15(3)25(4)26(20(19)28)16-8-6-5-7-9-16/h5-12,27H,1-4H3,(H2,22,24,29)/b23-14+. The van der Waals surface area contributed by atoms with E-state index in [0.717, 1.165) is 16.9 Å². The van der Waals surface area contributed by atoms with Crippen LogP contribution in [-0.2, 0) is 7.05 Å². The van der Waals surface area contributed by atoms with E-state index in [1.165, 1.54) is 0 Å². The van der Waals surface area contributed by atoms with Gasteiger partial charge in [0.25, 0.3) is 5.56 Å². The lowest BCUT2D eigenvalue weighted by molar-refractivity contribution is 0.474. The van der Waals surface area contributed by atoms with E-state index >= 15 is 0 Å². The first-order chi connectivity index (χ1) is 13.8. The molecule has 0 aliphatic carbocycles. The smallest absolute Gasteiger partial charge is 0.295 e. The summed E-state index contributed by atoms with van der Waals surface area (Å²) in [5.74, 6) is 0.141. The van der Waals surface area contributed by atoms with Gasteiger partial charge >= 0.3 is 0 Å². The molecule has 29 heavy (non-hydrogen) atoms. The van der Waals surface area contributed by atoms with Crippen LogP contribution in [0.1, 0.15) is 23.7 Å². The fourth-order valence-corrected chi connectivity index (χ4v) is 3.14. The van der Waals surface area contributed by atoms with Crippen molar-refractivity contribution in [2.45, 2.75) is 20.8 Å². The zero-order chi connectivity index (χ0) is 21.1. The monoisotopic (exact) mass is 409 g/mol. The minimum absolute atomic E-state index is 0.141. The van der Waals surface area contributed by atoms with Crippen molar-refractivity contribution in [3.63, 3.8) is 0 Å². The summed E-state index contributed by atoms with van der Waals surface area (Å²) < 4.78 is 3.33. The highest BCUT2D eigenvalue weighted by atomic mass is 32.1. The molecule has 3 N–H and O–H groups in total. The highest BCUT2D eigenvalue weighted by molar-refractivity contribution is 7.80. The van der Waals surface area contributed by atoms with E-state index in [2.05, 4.69) is 15.8 Å². The van der Waals surface area contributed by atoms with Crippen LogP contribution >= 0.6 is 12.2 Å². The minimum Gasteiger partial charge on any atom is -0.507 e. The third-order valence-electron chi connectivity index (χ3n) is 4.66. The molecule has 0 spiro atoms. The Kier molecular flexibility index (Phi) is 5.84. The lowest BCUT2D eigenvalue weighted by Crippen LogP contribution is -2.28. The number of aromatic nitrogens is 2. The maximum Gasteiger partial charge on any atom is 0.295 e. The van der Waals surface area contributed by atoms with Gasteiger partial charge in [0.15, 0.2) is 5.11 Å². The Hall–Kier alpha value is -3.39. The Labute approximate surface area is 174 Å². The van der Waals surface area contributed by atoms with Crippen LogP contribution in [0.4, 0.5) is 5.69 Å². The first kappa shape index (κ1) is 20.3. The predicted octanol–water partition coefficient (Wildman–Crippen LogP) is 3.21. The van der Waals surface area contributed by atoms with Crippen LogP contribution in [0.2, 0.25) is 0 Å². The van der Waals surface area contributed by atoms with Crippen molar-refractivity contribution in [1.82, 2.24) is 14.8 Å². The van der Waals surface area contributed by atoms with E-state index in [4.69, 9.17) is 12.2 Å². The molecule has 3 aromatic rings. The van der Waals surface area contributed by atoms with Gasteiger partial charge < -0.3 is 10.4 Å². The zero-order valence-electron chi connectivity index (χ0n) is 16.7. The highest BCUT2D eigenvalue weighted by Gasteiger charge is 2.17. The number of nitrogens with zero attached hydrogens (tertiary/aromatic N) is 3. The maximum atomic E-state index is 12.9. The third-order valence-corrected chi connectivity index (χ3v) is 4.85. The van der Waals surface area contributed by atoms with Crippen molar-refractivity contribution in [3.05, 3.63) is 75.7 Å². The van der Waals surface area contributed by atoms with Crippen molar-refractivity contribution in [3.8, 4) is 11.4 Å². The van der Waals surface area contributed by atoms with Crippen LogP contribution in [0.15, 0.2) is 58.4 Å². The summed E-state index contributed by atoms with van der Waals surface area (Å²) in [6, 6.07) is 14.7. The van der Waals surface area contributed by atoms with Gasteiger partial charge in [0.05, 0.1) is 17.1 Å². The number of hydrogen-bond acceptors (Lipinski definition) is 4. The molecule has 3 rings (SSSR count). The fourth-order valence-electron chi connectivity index (χ4n) is 2.99. The molecule has 0 radical (unpaired) electrons. The summed E-state index contributed by atoms with van der Waals surface area (Å²) in [5.41, 5.74) is 6.60. The molecule has 0 saturated heterocycles. The third kappa shape index (κ3) is 4.22. The van der Waals surface area contributed by atoms with Gasteiger partial charge in [-0.15, -0.1) is 0 Å². The Morgan fingerprint density at radius 3 is 2.52 bits per heavy atom. The number of anilines is 1. The van der Waals surface area contributed by atoms with Crippen molar-refractivity contribution in [2.75, 3.05) is 5.32 Å². The molecular formula is C21H23N5O2S. The van der Waals surface area contributed by atoms with Gasteiger partial charge in [0.1, 0.15) is 11.4 Å². The van der Waals surface area contributed by atoms with Crippen LogP contribution in [0.3, 0.4) is 0 Å². The second-order valence-corrected chi connectivity index (χ2v) is 7.13. The number of hydrogen-bond donors (Lipinski definition) is 3. The number of thiocarbonyl (C=S) groups is 1. The van der Waals surface area contributed by atoms with Gasteiger partial charge in [-0.3, -0.25) is 14.9 Å². The molecule has 0 saturated carbocycles. The number of nitrogens with one attached hydrogen (secondary N) is 2. The SMILES string of the molecule is C/C(=N\NC(=S)Nc1c(C)n(C)n(-c2ccccc2)c1=O)c1cc(C)ccc1O. The van der Waals surface area contributed by atoms with E-state index in [0.29, 0.717) is 17.0 Å². The first-order valence-electron chi connectivity index (χ1n) is 9.05. The first-order valence-corrected chi connectivity index (χ1v) is 9.45. The number of rotatable bonds is 4. The molecule has 150 valence electrons. The van der Waals surface area contributed by atoms with Crippen molar-refractivity contribution in [1.29, 1.82) is 0 Å². The van der Waals surface area contributed by atoms with Gasteiger partial charge in [0.2, 0.25) is 0 Å². The molecule has 0 fully saturated rings. The summed E-state index contributed by atoms with van der Waals surface area (Å²) in [5, 5.41) is 17.4. The second kappa shape index (κ2) is 8.32. The number of para-hydroxylation sites is 1. The summed E-state index contributed by atoms with van der Waals surface area (Å²) in [4.78, 5) is 12.9. The Morgan fingerprint density at radius 2 is 1.83 bits per heavy atom. The van der Waals surface area contributed by atoms with Gasteiger partial charge in [-0.05, 0) is 57.3 Å². The highest BCUT2D eigenvalue weighted by Crippen LogP contribution is 2.19.